The lowest BCUT2D eigenvalue weighted by Gasteiger charge is -2.38. The fourth-order valence-electron chi connectivity index (χ4n) is 2.77. The minimum atomic E-state index is -0.222. The number of hydrogen-bond acceptors (Lipinski definition) is 2. The number of hydrogen-bond donors (Lipinski definition) is 0. The van der Waals surface area contributed by atoms with Gasteiger partial charge in [-0.25, -0.2) is 4.79 Å². The molecule has 0 aliphatic carbocycles. The fourth-order valence-corrected chi connectivity index (χ4v) is 2.77. The van der Waals surface area contributed by atoms with Crippen LogP contribution >= 0.6 is 0 Å². The van der Waals surface area contributed by atoms with Gasteiger partial charge in [-0.05, 0) is 39.3 Å². The highest BCUT2D eigenvalue weighted by Crippen LogP contribution is 2.12. The molecule has 0 spiro atoms. The molecule has 0 aliphatic heterocycles. The third-order valence-electron chi connectivity index (χ3n) is 4.00. The topological polar surface area (TPSA) is 26.3 Å². The third-order valence-corrected chi connectivity index (χ3v) is 4.00. The molecule has 3 heteroatoms. The standard InChI is InChI=1S/C17H28NO2/c1-5-13-18(6-2,7-3)14-15(4)20-17(19)16-11-9-8-10-12-16/h8-12,15H,5-7,13-14H2,1-4H3/q+1. The highest BCUT2D eigenvalue weighted by atomic mass is 16.5. The summed E-state index contributed by atoms with van der Waals surface area (Å²) in [5.41, 5.74) is 0.626. The molecule has 0 N–H and O–H groups in total. The lowest BCUT2D eigenvalue weighted by molar-refractivity contribution is -0.927. The Labute approximate surface area is 123 Å². The second kappa shape index (κ2) is 8.05. The Kier molecular flexibility index (Phi) is 6.73. The van der Waals surface area contributed by atoms with Crippen molar-refractivity contribution in [3.05, 3.63) is 35.9 Å². The lowest BCUT2D eigenvalue weighted by Crippen LogP contribution is -2.52. The van der Waals surface area contributed by atoms with Gasteiger partial charge in [0, 0.05) is 0 Å². The summed E-state index contributed by atoms with van der Waals surface area (Å²) >= 11 is 0. The SMILES string of the molecule is CCC[N+](CC)(CC)CC(C)OC(=O)c1ccccc1. The average Bonchev–Trinajstić information content (AvgIpc) is 2.47. The van der Waals surface area contributed by atoms with Gasteiger partial charge in [0.05, 0.1) is 25.2 Å². The molecule has 0 bridgehead atoms. The van der Waals surface area contributed by atoms with Gasteiger partial charge in [-0.15, -0.1) is 0 Å². The Morgan fingerprint density at radius 2 is 1.75 bits per heavy atom. The molecule has 0 aromatic heterocycles. The van der Waals surface area contributed by atoms with Gasteiger partial charge in [-0.3, -0.25) is 0 Å². The summed E-state index contributed by atoms with van der Waals surface area (Å²) in [4.78, 5) is 12.0. The van der Waals surface area contributed by atoms with E-state index >= 15 is 0 Å². The molecule has 0 saturated heterocycles. The van der Waals surface area contributed by atoms with Crippen LogP contribution in [-0.2, 0) is 4.74 Å². The maximum atomic E-state index is 12.0. The minimum Gasteiger partial charge on any atom is -0.453 e. The molecule has 0 amide bonds. The van der Waals surface area contributed by atoms with Crippen LogP contribution in [0.2, 0.25) is 0 Å². The molecule has 3 nitrogen and oxygen atoms in total. The number of carbonyl (C=O) groups is 1. The van der Waals surface area contributed by atoms with Crippen molar-refractivity contribution >= 4 is 5.97 Å². The fraction of sp³-hybridized carbons (Fsp3) is 0.588. The van der Waals surface area contributed by atoms with Crippen molar-refractivity contribution in [1.29, 1.82) is 0 Å². The molecule has 1 unspecified atom stereocenters. The molecule has 112 valence electrons. The van der Waals surface area contributed by atoms with E-state index in [0.29, 0.717) is 5.56 Å². The molecule has 0 radical (unpaired) electrons. The molecule has 1 rings (SSSR count). The Morgan fingerprint density at radius 1 is 1.15 bits per heavy atom. The summed E-state index contributed by atoms with van der Waals surface area (Å²) < 4.78 is 6.60. The molecule has 1 aromatic carbocycles. The zero-order valence-electron chi connectivity index (χ0n) is 13.3. The number of likely N-dealkylation sites (N-methyl/N-ethyl adjacent to an activating group) is 1. The maximum Gasteiger partial charge on any atom is 0.338 e. The Bertz CT molecular complexity index is 399. The van der Waals surface area contributed by atoms with Crippen LogP contribution in [0, 0.1) is 0 Å². The molecule has 20 heavy (non-hydrogen) atoms. The monoisotopic (exact) mass is 278 g/mol. The highest BCUT2D eigenvalue weighted by Gasteiger charge is 2.27. The number of esters is 1. The summed E-state index contributed by atoms with van der Waals surface area (Å²) in [6.45, 7) is 12.8. The Balaban J connectivity index is 2.62. The summed E-state index contributed by atoms with van der Waals surface area (Å²) in [6.07, 6.45) is 1.09. The molecule has 1 aromatic rings. The number of nitrogens with zero attached hydrogens (tertiary/aromatic N) is 1. The molecule has 0 fully saturated rings. The summed E-state index contributed by atoms with van der Waals surface area (Å²) in [5, 5.41) is 0. The van der Waals surface area contributed by atoms with Gasteiger partial charge in [-0.1, -0.05) is 25.1 Å². The van der Waals surface area contributed by atoms with E-state index in [2.05, 4.69) is 20.8 Å². The van der Waals surface area contributed by atoms with E-state index in [1.165, 1.54) is 0 Å². The van der Waals surface area contributed by atoms with E-state index in [4.69, 9.17) is 4.74 Å². The predicted octanol–water partition coefficient (Wildman–Crippen LogP) is 3.50. The van der Waals surface area contributed by atoms with Gasteiger partial charge in [0.15, 0.2) is 0 Å². The van der Waals surface area contributed by atoms with E-state index in [1.54, 1.807) is 12.1 Å². The van der Waals surface area contributed by atoms with Gasteiger partial charge in [0.2, 0.25) is 0 Å². The van der Waals surface area contributed by atoms with Crippen LogP contribution in [0.4, 0.5) is 0 Å². The van der Waals surface area contributed by atoms with Crippen molar-refractivity contribution in [3.8, 4) is 0 Å². The Morgan fingerprint density at radius 3 is 2.25 bits per heavy atom. The van der Waals surface area contributed by atoms with E-state index in [-0.39, 0.29) is 12.1 Å². The first-order valence-corrected chi connectivity index (χ1v) is 7.68. The van der Waals surface area contributed by atoms with Gasteiger partial charge in [0.25, 0.3) is 0 Å². The molecule has 0 saturated carbocycles. The minimum absolute atomic E-state index is 0.0610. The summed E-state index contributed by atoms with van der Waals surface area (Å²) in [6, 6.07) is 9.21. The molecule has 0 aliphatic rings. The van der Waals surface area contributed by atoms with Crippen LogP contribution in [0.3, 0.4) is 0 Å². The molecular formula is C17H28NO2+. The normalized spacial score (nSPS) is 13.0. The first-order valence-electron chi connectivity index (χ1n) is 7.68. The van der Waals surface area contributed by atoms with Crippen LogP contribution in [0.15, 0.2) is 30.3 Å². The van der Waals surface area contributed by atoms with Gasteiger partial charge < -0.3 is 9.22 Å². The lowest BCUT2D eigenvalue weighted by atomic mass is 10.2. The van der Waals surface area contributed by atoms with Gasteiger partial charge in [-0.2, -0.15) is 0 Å². The zero-order chi connectivity index (χ0) is 15.0. The number of rotatable bonds is 8. The maximum absolute atomic E-state index is 12.0. The van der Waals surface area contributed by atoms with Crippen molar-refractivity contribution in [2.75, 3.05) is 26.2 Å². The van der Waals surface area contributed by atoms with Crippen LogP contribution in [0.1, 0.15) is 44.5 Å². The summed E-state index contributed by atoms with van der Waals surface area (Å²) in [7, 11) is 0. The van der Waals surface area contributed by atoms with Crippen molar-refractivity contribution in [3.63, 3.8) is 0 Å². The Hall–Kier alpha value is -1.35. The van der Waals surface area contributed by atoms with Crippen molar-refractivity contribution < 1.29 is 14.0 Å². The zero-order valence-corrected chi connectivity index (χ0v) is 13.3. The first kappa shape index (κ1) is 16.7. The first-order chi connectivity index (χ1) is 9.56. The van der Waals surface area contributed by atoms with Crippen LogP contribution < -0.4 is 0 Å². The van der Waals surface area contributed by atoms with Gasteiger partial charge in [0.1, 0.15) is 12.6 Å². The second-order valence-electron chi connectivity index (χ2n) is 5.46. The number of carbonyl (C=O) groups excluding carboxylic acids is 1. The molecular weight excluding hydrogens is 250 g/mol. The smallest absolute Gasteiger partial charge is 0.338 e. The van der Waals surface area contributed by atoms with E-state index in [9.17, 15) is 4.79 Å². The average molecular weight is 278 g/mol. The second-order valence-corrected chi connectivity index (χ2v) is 5.46. The summed E-state index contributed by atoms with van der Waals surface area (Å²) in [5.74, 6) is -0.222. The van der Waals surface area contributed by atoms with Crippen LogP contribution in [-0.4, -0.2) is 42.7 Å². The third kappa shape index (κ3) is 4.64. The molecule has 1 atom stereocenters. The van der Waals surface area contributed by atoms with Crippen LogP contribution in [0.25, 0.3) is 0 Å². The van der Waals surface area contributed by atoms with Crippen molar-refractivity contribution in [2.24, 2.45) is 0 Å². The molecule has 0 heterocycles. The van der Waals surface area contributed by atoms with Crippen molar-refractivity contribution in [1.82, 2.24) is 0 Å². The van der Waals surface area contributed by atoms with E-state index in [1.807, 2.05) is 25.1 Å². The quantitative estimate of drug-likeness (QED) is 0.537. The highest BCUT2D eigenvalue weighted by molar-refractivity contribution is 5.89. The van der Waals surface area contributed by atoms with E-state index in [0.717, 1.165) is 37.1 Å². The van der Waals surface area contributed by atoms with Crippen LogP contribution in [0.5, 0.6) is 0 Å². The predicted molar refractivity (Wildman–Crippen MR) is 82.7 cm³/mol. The number of ether oxygens (including phenoxy) is 1. The van der Waals surface area contributed by atoms with E-state index < -0.39 is 0 Å². The number of benzene rings is 1. The number of quaternary nitrogens is 1. The van der Waals surface area contributed by atoms with Crippen molar-refractivity contribution in [2.45, 2.75) is 40.2 Å². The largest absolute Gasteiger partial charge is 0.453 e. The van der Waals surface area contributed by atoms with Gasteiger partial charge >= 0.3 is 5.97 Å².